The normalized spacial score (nSPS) is 9.89. The van der Waals surface area contributed by atoms with Gasteiger partial charge in [0.15, 0.2) is 11.6 Å². The van der Waals surface area contributed by atoms with Crippen molar-refractivity contribution in [2.75, 3.05) is 5.32 Å². The highest BCUT2D eigenvalue weighted by atomic mass is 79.9. The molecular weight excluding hydrogens is 365 g/mol. The Balaban J connectivity index is 2.32. The van der Waals surface area contributed by atoms with E-state index in [1.165, 1.54) is 12.3 Å². The van der Waals surface area contributed by atoms with Crippen LogP contribution in [0.25, 0.3) is 0 Å². The third-order valence-electron chi connectivity index (χ3n) is 2.16. The molecule has 1 N–H and O–H groups in total. The van der Waals surface area contributed by atoms with Gasteiger partial charge in [-0.1, -0.05) is 0 Å². The second-order valence-corrected chi connectivity index (χ2v) is 5.19. The fourth-order valence-corrected chi connectivity index (χ4v) is 2.10. The summed E-state index contributed by atoms with van der Waals surface area (Å²) in [5.74, 6) is -0.329. The van der Waals surface area contributed by atoms with E-state index >= 15 is 0 Å². The van der Waals surface area contributed by atoms with Gasteiger partial charge in [-0.3, -0.25) is 0 Å². The molecule has 0 saturated heterocycles. The number of nitrogens with one attached hydrogen (secondary N) is 1. The van der Waals surface area contributed by atoms with Gasteiger partial charge in [-0.25, -0.2) is 9.37 Å². The first-order valence-electron chi connectivity index (χ1n) is 4.88. The van der Waals surface area contributed by atoms with E-state index in [1.807, 2.05) is 6.07 Å². The molecule has 0 spiro atoms. The van der Waals surface area contributed by atoms with Gasteiger partial charge in [0.25, 0.3) is 0 Å². The van der Waals surface area contributed by atoms with Gasteiger partial charge in [0, 0.05) is 15.1 Å². The molecule has 2 aromatic rings. The number of anilines is 2. The molecule has 90 valence electrons. The summed E-state index contributed by atoms with van der Waals surface area (Å²) in [5.41, 5.74) is 1.17. The molecule has 0 bridgehead atoms. The Bertz CT molecular complexity index is 638. The monoisotopic (exact) mass is 369 g/mol. The van der Waals surface area contributed by atoms with Crippen molar-refractivity contribution < 1.29 is 4.39 Å². The van der Waals surface area contributed by atoms with E-state index in [9.17, 15) is 4.39 Å². The van der Waals surface area contributed by atoms with Gasteiger partial charge in [-0.2, -0.15) is 5.26 Å². The predicted octanol–water partition coefficient (Wildman–Crippen LogP) is 4.36. The lowest BCUT2D eigenvalue weighted by molar-refractivity contribution is 0.625. The van der Waals surface area contributed by atoms with Gasteiger partial charge in [-0.15, -0.1) is 0 Å². The summed E-state index contributed by atoms with van der Waals surface area (Å²) in [7, 11) is 0. The summed E-state index contributed by atoms with van der Waals surface area (Å²) in [6.45, 7) is 0. The van der Waals surface area contributed by atoms with E-state index in [-0.39, 0.29) is 5.82 Å². The molecule has 1 heterocycles. The number of rotatable bonds is 2. The highest BCUT2D eigenvalue weighted by molar-refractivity contribution is 9.10. The molecule has 0 unspecified atom stereocenters. The van der Waals surface area contributed by atoms with Gasteiger partial charge < -0.3 is 5.32 Å². The lowest BCUT2D eigenvalue weighted by atomic mass is 10.2. The van der Waals surface area contributed by atoms with Crippen LogP contribution in [0.3, 0.4) is 0 Å². The molecule has 2 rings (SSSR count). The summed E-state index contributed by atoms with van der Waals surface area (Å²) in [4.78, 5) is 3.94. The molecule has 0 saturated carbocycles. The molecule has 1 aromatic heterocycles. The van der Waals surface area contributed by atoms with Crippen molar-refractivity contribution in [2.45, 2.75) is 0 Å². The van der Waals surface area contributed by atoms with Crippen molar-refractivity contribution in [3.8, 4) is 6.07 Å². The standard InChI is InChI=1S/C12H6Br2FN3/c13-8-4-10(15)12(17-6-8)18-11-2-1-7(5-16)3-9(11)14/h1-4,6H,(H,17,18). The number of benzene rings is 1. The fourth-order valence-electron chi connectivity index (χ4n) is 1.32. The first-order chi connectivity index (χ1) is 8.60. The molecule has 6 heteroatoms. The largest absolute Gasteiger partial charge is 0.337 e. The Morgan fingerprint density at radius 1 is 1.28 bits per heavy atom. The second-order valence-electron chi connectivity index (χ2n) is 3.42. The SMILES string of the molecule is N#Cc1ccc(Nc2ncc(Br)cc2F)c(Br)c1. The molecule has 0 radical (unpaired) electrons. The van der Waals surface area contributed by atoms with Crippen molar-refractivity contribution >= 4 is 43.4 Å². The van der Waals surface area contributed by atoms with Gasteiger partial charge in [0.05, 0.1) is 17.3 Å². The Morgan fingerprint density at radius 2 is 2.06 bits per heavy atom. The maximum absolute atomic E-state index is 13.6. The van der Waals surface area contributed by atoms with E-state index in [0.29, 0.717) is 20.2 Å². The minimum absolute atomic E-state index is 0.128. The number of halogens is 3. The van der Waals surface area contributed by atoms with Crippen LogP contribution in [0.2, 0.25) is 0 Å². The summed E-state index contributed by atoms with van der Waals surface area (Å²) < 4.78 is 14.8. The van der Waals surface area contributed by atoms with Gasteiger partial charge in [0.2, 0.25) is 0 Å². The summed E-state index contributed by atoms with van der Waals surface area (Å²) in [6.07, 6.45) is 1.50. The Hall–Kier alpha value is -1.45. The first-order valence-corrected chi connectivity index (χ1v) is 6.46. The molecule has 18 heavy (non-hydrogen) atoms. The number of hydrogen-bond acceptors (Lipinski definition) is 3. The average Bonchev–Trinajstić information content (AvgIpc) is 2.34. The molecule has 0 atom stereocenters. The van der Waals surface area contributed by atoms with Crippen molar-refractivity contribution in [1.82, 2.24) is 4.98 Å². The third kappa shape index (κ3) is 2.86. The van der Waals surface area contributed by atoms with Crippen LogP contribution < -0.4 is 5.32 Å². The molecule has 0 aliphatic heterocycles. The first kappa shape index (κ1) is 13.0. The van der Waals surface area contributed by atoms with Crippen LogP contribution in [-0.4, -0.2) is 4.98 Å². The molecule has 0 aliphatic rings. The van der Waals surface area contributed by atoms with E-state index in [1.54, 1.807) is 18.2 Å². The lowest BCUT2D eigenvalue weighted by Crippen LogP contribution is -1.97. The summed E-state index contributed by atoms with van der Waals surface area (Å²) in [5, 5.41) is 11.6. The van der Waals surface area contributed by atoms with Gasteiger partial charge >= 0.3 is 0 Å². The van der Waals surface area contributed by atoms with Crippen LogP contribution in [0.15, 0.2) is 39.4 Å². The fraction of sp³-hybridized carbons (Fsp3) is 0. The Morgan fingerprint density at radius 3 is 2.67 bits per heavy atom. The number of aromatic nitrogens is 1. The molecule has 3 nitrogen and oxygen atoms in total. The van der Waals surface area contributed by atoms with Crippen LogP contribution in [0.1, 0.15) is 5.56 Å². The van der Waals surface area contributed by atoms with Crippen LogP contribution in [0.4, 0.5) is 15.9 Å². The van der Waals surface area contributed by atoms with Crippen LogP contribution in [-0.2, 0) is 0 Å². The highest BCUT2D eigenvalue weighted by Gasteiger charge is 2.07. The zero-order chi connectivity index (χ0) is 13.1. The highest BCUT2D eigenvalue weighted by Crippen LogP contribution is 2.27. The summed E-state index contributed by atoms with van der Waals surface area (Å²) in [6, 6.07) is 8.33. The van der Waals surface area contributed by atoms with Crippen LogP contribution >= 0.6 is 31.9 Å². The van der Waals surface area contributed by atoms with Gasteiger partial charge in [-0.05, 0) is 56.1 Å². The van der Waals surface area contributed by atoms with Crippen molar-refractivity contribution in [3.05, 3.63) is 50.8 Å². The molecule has 1 aromatic carbocycles. The third-order valence-corrected chi connectivity index (χ3v) is 3.25. The summed E-state index contributed by atoms with van der Waals surface area (Å²) >= 11 is 6.45. The maximum atomic E-state index is 13.6. The maximum Gasteiger partial charge on any atom is 0.166 e. The lowest BCUT2D eigenvalue weighted by Gasteiger charge is -2.08. The average molecular weight is 371 g/mol. The number of nitrogens with zero attached hydrogens (tertiary/aromatic N) is 2. The van der Waals surface area contributed by atoms with Crippen LogP contribution in [0, 0.1) is 17.1 Å². The molecule has 0 aliphatic carbocycles. The van der Waals surface area contributed by atoms with E-state index in [2.05, 4.69) is 42.2 Å². The zero-order valence-corrected chi connectivity index (χ0v) is 12.1. The van der Waals surface area contributed by atoms with Crippen molar-refractivity contribution in [3.63, 3.8) is 0 Å². The van der Waals surface area contributed by atoms with Crippen LogP contribution in [0.5, 0.6) is 0 Å². The minimum atomic E-state index is -0.458. The second kappa shape index (κ2) is 5.46. The minimum Gasteiger partial charge on any atom is -0.337 e. The molecule has 0 amide bonds. The van der Waals surface area contributed by atoms with Gasteiger partial charge in [0.1, 0.15) is 0 Å². The van der Waals surface area contributed by atoms with E-state index < -0.39 is 5.82 Å². The van der Waals surface area contributed by atoms with Crippen molar-refractivity contribution in [2.24, 2.45) is 0 Å². The topological polar surface area (TPSA) is 48.7 Å². The predicted molar refractivity (Wildman–Crippen MR) is 74.0 cm³/mol. The molecule has 0 fully saturated rings. The van der Waals surface area contributed by atoms with E-state index in [0.717, 1.165) is 0 Å². The van der Waals surface area contributed by atoms with E-state index in [4.69, 9.17) is 5.26 Å². The zero-order valence-electron chi connectivity index (χ0n) is 8.92. The smallest absolute Gasteiger partial charge is 0.166 e. The Kier molecular flexibility index (Phi) is 3.94. The number of pyridine rings is 1. The Labute approximate surface area is 120 Å². The number of hydrogen-bond donors (Lipinski definition) is 1. The molecular formula is C12H6Br2FN3. The quantitative estimate of drug-likeness (QED) is 0.854. The number of nitriles is 1. The van der Waals surface area contributed by atoms with Crippen molar-refractivity contribution in [1.29, 1.82) is 5.26 Å².